The number of nitrogens with one attached hydrogen (secondary N) is 3. The maximum atomic E-state index is 13.1. The number of rotatable bonds is 16. The SMILES string of the molecule is NCCCC[C@H](NC(=O)[C@H](Cc1ccccc1)NC(=O)CCO)C(=O)N[C@@H](CC(N)=O)C(N)=O. The predicted octanol–water partition coefficient (Wildman–Crippen LogP) is -2.44. The van der Waals surface area contributed by atoms with Gasteiger partial charge in [-0.05, 0) is 31.4 Å². The number of benzene rings is 1. The van der Waals surface area contributed by atoms with E-state index in [2.05, 4.69) is 16.0 Å². The number of unbranched alkanes of at least 4 members (excludes halogenated alkanes) is 1. The molecule has 0 aliphatic carbocycles. The molecule has 0 unspecified atom stereocenters. The summed E-state index contributed by atoms with van der Waals surface area (Å²) in [7, 11) is 0. The Morgan fingerprint density at radius 2 is 1.47 bits per heavy atom. The molecule has 0 saturated carbocycles. The summed E-state index contributed by atoms with van der Waals surface area (Å²) in [6.45, 7) is -0.00822. The summed E-state index contributed by atoms with van der Waals surface area (Å²) in [5, 5.41) is 16.5. The van der Waals surface area contributed by atoms with Crippen LogP contribution in [0, 0.1) is 0 Å². The van der Waals surface area contributed by atoms with Gasteiger partial charge in [-0.2, -0.15) is 0 Å². The van der Waals surface area contributed by atoms with E-state index in [0.717, 1.165) is 5.56 Å². The largest absolute Gasteiger partial charge is 0.396 e. The highest BCUT2D eigenvalue weighted by molar-refractivity contribution is 5.95. The molecule has 0 aliphatic heterocycles. The van der Waals surface area contributed by atoms with E-state index in [1.165, 1.54) is 0 Å². The Labute approximate surface area is 198 Å². The highest BCUT2D eigenvalue weighted by Gasteiger charge is 2.29. The summed E-state index contributed by atoms with van der Waals surface area (Å²) < 4.78 is 0. The number of carbonyl (C=O) groups excluding carboxylic acids is 5. The van der Waals surface area contributed by atoms with Crippen LogP contribution in [0.4, 0.5) is 0 Å². The van der Waals surface area contributed by atoms with Crippen molar-refractivity contribution in [2.45, 2.75) is 56.7 Å². The summed E-state index contributed by atoms with van der Waals surface area (Å²) in [6, 6.07) is 5.50. The normalized spacial score (nSPS) is 13.2. The molecule has 0 spiro atoms. The van der Waals surface area contributed by atoms with Gasteiger partial charge in [0.2, 0.25) is 29.5 Å². The van der Waals surface area contributed by atoms with Crippen molar-refractivity contribution in [2.75, 3.05) is 13.2 Å². The van der Waals surface area contributed by atoms with Gasteiger partial charge in [0, 0.05) is 12.8 Å². The number of hydrogen-bond donors (Lipinski definition) is 7. The van der Waals surface area contributed by atoms with Crippen LogP contribution in [0.25, 0.3) is 0 Å². The zero-order valence-electron chi connectivity index (χ0n) is 19.0. The highest BCUT2D eigenvalue weighted by Crippen LogP contribution is 2.07. The lowest BCUT2D eigenvalue weighted by Crippen LogP contribution is -2.57. The molecule has 1 aromatic rings. The number of nitrogens with two attached hydrogens (primary N) is 3. The van der Waals surface area contributed by atoms with Crippen LogP contribution in [-0.2, 0) is 30.4 Å². The minimum absolute atomic E-state index is 0.145. The third-order valence-electron chi connectivity index (χ3n) is 4.92. The van der Waals surface area contributed by atoms with Gasteiger partial charge in [-0.3, -0.25) is 24.0 Å². The van der Waals surface area contributed by atoms with Gasteiger partial charge >= 0.3 is 0 Å². The Hall–Kier alpha value is -3.51. The van der Waals surface area contributed by atoms with Crippen LogP contribution in [0.3, 0.4) is 0 Å². The van der Waals surface area contributed by atoms with Crippen molar-refractivity contribution in [3.63, 3.8) is 0 Å². The van der Waals surface area contributed by atoms with Crippen molar-refractivity contribution in [2.24, 2.45) is 17.2 Å². The van der Waals surface area contributed by atoms with E-state index in [0.29, 0.717) is 19.4 Å². The molecule has 188 valence electrons. The monoisotopic (exact) mass is 478 g/mol. The van der Waals surface area contributed by atoms with Gasteiger partial charge in [0.15, 0.2) is 0 Å². The number of primary amides is 2. The number of aliphatic hydroxyl groups excluding tert-OH is 1. The van der Waals surface area contributed by atoms with Gasteiger partial charge < -0.3 is 38.3 Å². The van der Waals surface area contributed by atoms with Crippen molar-refractivity contribution >= 4 is 29.5 Å². The molecule has 1 aromatic carbocycles. The van der Waals surface area contributed by atoms with Crippen LogP contribution in [0.15, 0.2) is 30.3 Å². The fourth-order valence-electron chi connectivity index (χ4n) is 3.16. The van der Waals surface area contributed by atoms with Crippen LogP contribution in [0.1, 0.15) is 37.7 Å². The summed E-state index contributed by atoms with van der Waals surface area (Å²) in [5.74, 6) is -3.66. The Bertz CT molecular complexity index is 834. The Kier molecular flexibility index (Phi) is 12.9. The van der Waals surface area contributed by atoms with Gasteiger partial charge in [0.1, 0.15) is 18.1 Å². The first-order chi connectivity index (χ1) is 16.2. The molecular formula is C22H34N6O6. The molecule has 0 saturated heterocycles. The van der Waals surface area contributed by atoms with E-state index in [-0.39, 0.29) is 25.9 Å². The lowest BCUT2D eigenvalue weighted by Gasteiger charge is -2.24. The molecule has 34 heavy (non-hydrogen) atoms. The molecule has 0 radical (unpaired) electrons. The molecule has 0 aliphatic rings. The first-order valence-electron chi connectivity index (χ1n) is 11.0. The van der Waals surface area contributed by atoms with Gasteiger partial charge in [-0.25, -0.2) is 0 Å². The maximum Gasteiger partial charge on any atom is 0.243 e. The van der Waals surface area contributed by atoms with Crippen LogP contribution in [0.2, 0.25) is 0 Å². The van der Waals surface area contributed by atoms with Crippen molar-refractivity contribution < 1.29 is 29.1 Å². The zero-order valence-corrected chi connectivity index (χ0v) is 19.0. The number of aliphatic hydroxyl groups is 1. The van der Waals surface area contributed by atoms with Crippen LogP contribution in [-0.4, -0.2) is 65.9 Å². The third-order valence-corrected chi connectivity index (χ3v) is 4.92. The molecule has 12 heteroatoms. The van der Waals surface area contributed by atoms with Crippen LogP contribution < -0.4 is 33.2 Å². The van der Waals surface area contributed by atoms with Crippen molar-refractivity contribution in [3.05, 3.63) is 35.9 Å². The second-order valence-electron chi connectivity index (χ2n) is 7.76. The summed E-state index contributed by atoms with van der Waals surface area (Å²) in [4.78, 5) is 60.8. The van der Waals surface area contributed by atoms with Gasteiger partial charge in [0.05, 0.1) is 13.0 Å². The molecule has 0 aromatic heterocycles. The van der Waals surface area contributed by atoms with Crippen molar-refractivity contribution in [1.29, 1.82) is 0 Å². The molecule has 0 heterocycles. The van der Waals surface area contributed by atoms with E-state index in [1.54, 1.807) is 24.3 Å². The molecule has 12 nitrogen and oxygen atoms in total. The van der Waals surface area contributed by atoms with Crippen LogP contribution in [0.5, 0.6) is 0 Å². The van der Waals surface area contributed by atoms with Gasteiger partial charge in [-0.1, -0.05) is 30.3 Å². The topological polar surface area (TPSA) is 220 Å². The summed E-state index contributed by atoms with van der Waals surface area (Å²) >= 11 is 0. The molecule has 1 rings (SSSR count). The van der Waals surface area contributed by atoms with E-state index >= 15 is 0 Å². The number of carbonyl (C=O) groups is 5. The Morgan fingerprint density at radius 1 is 0.853 bits per heavy atom. The molecule has 3 atom stereocenters. The minimum atomic E-state index is -1.33. The minimum Gasteiger partial charge on any atom is -0.396 e. The molecule has 5 amide bonds. The maximum absolute atomic E-state index is 13.1. The number of hydrogen-bond acceptors (Lipinski definition) is 7. The first kappa shape index (κ1) is 28.5. The van der Waals surface area contributed by atoms with Crippen LogP contribution >= 0.6 is 0 Å². The average molecular weight is 479 g/mol. The molecule has 0 bridgehead atoms. The van der Waals surface area contributed by atoms with E-state index in [1.807, 2.05) is 6.07 Å². The average Bonchev–Trinajstić information content (AvgIpc) is 2.78. The van der Waals surface area contributed by atoms with E-state index < -0.39 is 54.1 Å². The molecule has 10 N–H and O–H groups in total. The predicted molar refractivity (Wildman–Crippen MR) is 124 cm³/mol. The molecular weight excluding hydrogens is 444 g/mol. The third kappa shape index (κ3) is 10.9. The number of amides is 5. The second kappa shape index (κ2) is 15.3. The Balaban J connectivity index is 3.03. The lowest BCUT2D eigenvalue weighted by molar-refractivity contribution is -0.134. The second-order valence-corrected chi connectivity index (χ2v) is 7.76. The fraction of sp³-hybridized carbons (Fsp3) is 0.500. The van der Waals surface area contributed by atoms with E-state index in [9.17, 15) is 24.0 Å². The van der Waals surface area contributed by atoms with Crippen molar-refractivity contribution in [3.8, 4) is 0 Å². The Morgan fingerprint density at radius 3 is 2.03 bits per heavy atom. The standard InChI is InChI=1S/C22H34N6O6/c23-10-5-4-8-15(21(33)28-16(20(25)32)13-18(24)30)27-22(34)17(26-19(31)9-11-29)12-14-6-2-1-3-7-14/h1-3,6-7,15-17,29H,4-5,8-13,23H2,(H2,24,30)(H2,25,32)(H,26,31)(H,27,34)(H,28,33)/t15-,16-,17-/m0/s1. The fourth-order valence-corrected chi connectivity index (χ4v) is 3.16. The van der Waals surface area contributed by atoms with Crippen molar-refractivity contribution in [1.82, 2.24) is 16.0 Å². The first-order valence-corrected chi connectivity index (χ1v) is 11.0. The van der Waals surface area contributed by atoms with E-state index in [4.69, 9.17) is 22.3 Å². The lowest BCUT2D eigenvalue weighted by atomic mass is 10.0. The summed E-state index contributed by atoms with van der Waals surface area (Å²) in [5.41, 5.74) is 16.6. The summed E-state index contributed by atoms with van der Waals surface area (Å²) in [6.07, 6.45) is 0.740. The van der Waals surface area contributed by atoms with Gasteiger partial charge in [0.25, 0.3) is 0 Å². The molecule has 0 fully saturated rings. The zero-order chi connectivity index (χ0) is 25.5. The highest BCUT2D eigenvalue weighted by atomic mass is 16.3. The smallest absolute Gasteiger partial charge is 0.243 e. The quantitative estimate of drug-likeness (QED) is 0.127. The van der Waals surface area contributed by atoms with Gasteiger partial charge in [-0.15, -0.1) is 0 Å².